The first-order chi connectivity index (χ1) is 16.9. The molecule has 1 aliphatic heterocycles. The molecule has 9 nitrogen and oxygen atoms in total. The maximum atomic E-state index is 13.5. The van der Waals surface area contributed by atoms with Crippen molar-refractivity contribution in [3.8, 4) is 5.75 Å². The van der Waals surface area contributed by atoms with Gasteiger partial charge < -0.3 is 25.6 Å². The van der Waals surface area contributed by atoms with Gasteiger partial charge in [-0.1, -0.05) is 12.1 Å². The Hall–Kier alpha value is -2.89. The van der Waals surface area contributed by atoms with Crippen LogP contribution in [0.25, 0.3) is 15.6 Å². The average Bonchev–Trinajstić information content (AvgIpc) is 3.38. The number of aromatic nitrogens is 3. The number of rotatable bonds is 7. The molecule has 1 aromatic carbocycles. The molecule has 0 saturated carbocycles. The van der Waals surface area contributed by atoms with Crippen molar-refractivity contribution >= 4 is 60.3 Å². The van der Waals surface area contributed by atoms with Gasteiger partial charge in [0, 0.05) is 35.8 Å². The Morgan fingerprint density at radius 3 is 3.03 bits per heavy atom. The molecule has 0 radical (unpaired) electrons. The van der Waals surface area contributed by atoms with Crippen molar-refractivity contribution in [2.75, 3.05) is 51.0 Å². The third-order valence-corrected chi connectivity index (χ3v) is 7.87. The van der Waals surface area contributed by atoms with Crippen LogP contribution in [0.1, 0.15) is 22.5 Å². The van der Waals surface area contributed by atoms with Gasteiger partial charge in [-0.3, -0.25) is 4.79 Å². The van der Waals surface area contributed by atoms with E-state index in [9.17, 15) is 4.79 Å². The van der Waals surface area contributed by atoms with Gasteiger partial charge in [-0.2, -0.15) is 5.10 Å². The van der Waals surface area contributed by atoms with Crippen LogP contribution in [0.3, 0.4) is 0 Å². The van der Waals surface area contributed by atoms with Gasteiger partial charge in [0.05, 0.1) is 5.69 Å². The number of benzene rings is 1. The zero-order valence-electron chi connectivity index (χ0n) is 19.7. The summed E-state index contributed by atoms with van der Waals surface area (Å²) in [6.45, 7) is 2.84. The topological polar surface area (TPSA) is 101 Å². The molecule has 3 aromatic heterocycles. The van der Waals surface area contributed by atoms with Crippen LogP contribution in [0.4, 0.5) is 11.5 Å². The minimum atomic E-state index is -0.0938. The van der Waals surface area contributed by atoms with Crippen molar-refractivity contribution in [2.24, 2.45) is 0 Å². The number of nitrogens with one attached hydrogen (secondary N) is 1. The third-order valence-electron chi connectivity index (χ3n) is 6.16. The summed E-state index contributed by atoms with van der Waals surface area (Å²) in [5.74, 6) is 1.00. The second-order valence-electron chi connectivity index (χ2n) is 8.92. The minimum absolute atomic E-state index is 0.00401. The average molecular weight is 559 g/mol. The van der Waals surface area contributed by atoms with Gasteiger partial charge in [-0.25, -0.2) is 9.50 Å². The molecule has 4 heterocycles. The maximum absolute atomic E-state index is 13.5. The number of ether oxygens (including phenoxy) is 1. The van der Waals surface area contributed by atoms with E-state index in [0.29, 0.717) is 29.6 Å². The fourth-order valence-corrected chi connectivity index (χ4v) is 6.00. The van der Waals surface area contributed by atoms with Gasteiger partial charge in [-0.15, -0.1) is 11.3 Å². The first-order valence-corrected chi connectivity index (χ1v) is 13.2. The largest absolute Gasteiger partial charge is 0.490 e. The fourth-order valence-electron chi connectivity index (χ4n) is 4.46. The van der Waals surface area contributed by atoms with E-state index < -0.39 is 0 Å². The van der Waals surface area contributed by atoms with Crippen molar-refractivity contribution in [1.82, 2.24) is 24.8 Å². The number of nitrogens with zero attached hydrogens (tertiary/aromatic N) is 5. The van der Waals surface area contributed by atoms with Gasteiger partial charge in [0.25, 0.3) is 5.91 Å². The van der Waals surface area contributed by atoms with Gasteiger partial charge in [-0.05, 0) is 61.1 Å². The van der Waals surface area contributed by atoms with Crippen LogP contribution in [0.2, 0.25) is 0 Å². The normalized spacial score (nSPS) is 16.3. The van der Waals surface area contributed by atoms with E-state index in [1.165, 1.54) is 17.7 Å². The van der Waals surface area contributed by atoms with E-state index in [4.69, 9.17) is 10.5 Å². The van der Waals surface area contributed by atoms with Gasteiger partial charge in [0.15, 0.2) is 11.6 Å². The van der Waals surface area contributed by atoms with Gasteiger partial charge >= 0.3 is 0 Å². The van der Waals surface area contributed by atoms with E-state index in [1.807, 2.05) is 44.4 Å². The minimum Gasteiger partial charge on any atom is -0.490 e. The lowest BCUT2D eigenvalue weighted by atomic mass is 10.0. The van der Waals surface area contributed by atoms with Crippen molar-refractivity contribution in [1.29, 1.82) is 0 Å². The van der Waals surface area contributed by atoms with Crippen LogP contribution in [0.15, 0.2) is 41.3 Å². The predicted octanol–water partition coefficient (Wildman–Crippen LogP) is 3.63. The van der Waals surface area contributed by atoms with Crippen LogP contribution in [-0.2, 0) is 0 Å². The zero-order chi connectivity index (χ0) is 24.5. The summed E-state index contributed by atoms with van der Waals surface area (Å²) in [5.41, 5.74) is 7.91. The Morgan fingerprint density at radius 1 is 1.37 bits per heavy atom. The summed E-state index contributed by atoms with van der Waals surface area (Å²) in [4.78, 5) is 22.5. The second-order valence-corrected chi connectivity index (χ2v) is 10.8. The summed E-state index contributed by atoms with van der Waals surface area (Å²) < 4.78 is 9.73. The van der Waals surface area contributed by atoms with Crippen molar-refractivity contribution in [3.63, 3.8) is 0 Å². The van der Waals surface area contributed by atoms with Crippen molar-refractivity contribution in [3.05, 3.63) is 46.1 Å². The highest BCUT2D eigenvalue weighted by atomic mass is 79.9. The molecule has 1 aliphatic rings. The third kappa shape index (κ3) is 4.80. The number of piperidine rings is 1. The molecule has 11 heteroatoms. The van der Waals surface area contributed by atoms with Crippen LogP contribution >= 0.6 is 27.3 Å². The molecular formula is C24H28BrN7O2S. The Kier molecular flexibility index (Phi) is 6.81. The van der Waals surface area contributed by atoms with Crippen LogP contribution in [0, 0.1) is 0 Å². The lowest BCUT2D eigenvalue weighted by Crippen LogP contribution is -2.47. The highest BCUT2D eigenvalue weighted by Gasteiger charge is 2.27. The number of thiophene rings is 1. The number of carbonyl (C=O) groups is 1. The summed E-state index contributed by atoms with van der Waals surface area (Å²) in [6, 6.07) is 10.0. The molecule has 35 heavy (non-hydrogen) atoms. The molecular weight excluding hydrogens is 530 g/mol. The van der Waals surface area contributed by atoms with E-state index in [2.05, 4.69) is 41.1 Å². The number of hydrogen-bond donors (Lipinski definition) is 2. The van der Waals surface area contributed by atoms with Crippen molar-refractivity contribution < 1.29 is 9.53 Å². The number of amides is 1. The Bertz CT molecular complexity index is 1370. The van der Waals surface area contributed by atoms with Crippen molar-refractivity contribution in [2.45, 2.75) is 18.9 Å². The molecule has 0 unspecified atom stereocenters. The van der Waals surface area contributed by atoms with E-state index in [1.54, 1.807) is 4.52 Å². The van der Waals surface area contributed by atoms with Gasteiger partial charge in [0.2, 0.25) is 0 Å². The molecule has 184 valence electrons. The highest BCUT2D eigenvalue weighted by molar-refractivity contribution is 9.10. The SMILES string of the molecule is CN(C)CCOc1c(C(=O)N[C@@H]2CCCN(c3cc(Br)n4ncnc(N)c34)C2)sc2ccccc12. The summed E-state index contributed by atoms with van der Waals surface area (Å²) >= 11 is 5.04. The number of halogens is 1. The van der Waals surface area contributed by atoms with Gasteiger partial charge in [0.1, 0.15) is 27.9 Å². The molecule has 1 amide bonds. The molecule has 4 aromatic rings. The monoisotopic (exact) mass is 557 g/mol. The molecule has 1 saturated heterocycles. The number of anilines is 2. The lowest BCUT2D eigenvalue weighted by molar-refractivity contribution is 0.0933. The van der Waals surface area contributed by atoms with E-state index in [-0.39, 0.29) is 11.9 Å². The number of fused-ring (bicyclic) bond motifs is 2. The number of hydrogen-bond acceptors (Lipinski definition) is 8. The first-order valence-electron chi connectivity index (χ1n) is 11.5. The van der Waals surface area contributed by atoms with Crippen LogP contribution < -0.4 is 20.7 Å². The number of likely N-dealkylation sites (N-methyl/N-ethyl adjacent to an activating group) is 1. The summed E-state index contributed by atoms with van der Waals surface area (Å²) in [7, 11) is 4.01. The molecule has 0 aliphatic carbocycles. The number of nitrogens with two attached hydrogens (primary N) is 1. The quantitative estimate of drug-likeness (QED) is 0.357. The van der Waals surface area contributed by atoms with E-state index >= 15 is 0 Å². The highest BCUT2D eigenvalue weighted by Crippen LogP contribution is 2.38. The Labute approximate surface area is 216 Å². The number of nitrogen functional groups attached to an aromatic ring is 1. The Balaban J connectivity index is 1.36. The molecule has 3 N–H and O–H groups in total. The van der Waals surface area contributed by atoms with Crippen LogP contribution in [0.5, 0.6) is 5.75 Å². The smallest absolute Gasteiger partial charge is 0.265 e. The fraction of sp³-hybridized carbons (Fsp3) is 0.375. The molecule has 5 rings (SSSR count). The Morgan fingerprint density at radius 2 is 2.20 bits per heavy atom. The van der Waals surface area contributed by atoms with E-state index in [0.717, 1.165) is 51.8 Å². The lowest BCUT2D eigenvalue weighted by Gasteiger charge is -2.34. The first kappa shape index (κ1) is 23.8. The predicted molar refractivity (Wildman–Crippen MR) is 144 cm³/mol. The summed E-state index contributed by atoms with van der Waals surface area (Å²) in [6.07, 6.45) is 3.30. The summed E-state index contributed by atoms with van der Waals surface area (Å²) in [5, 5.41) is 8.54. The second kappa shape index (κ2) is 10.00. The molecule has 1 fully saturated rings. The molecule has 0 spiro atoms. The zero-order valence-corrected chi connectivity index (χ0v) is 22.1. The maximum Gasteiger partial charge on any atom is 0.265 e. The van der Waals surface area contributed by atoms with Crippen LogP contribution in [-0.4, -0.2) is 71.8 Å². The molecule has 0 bridgehead atoms. The standard InChI is InChI=1S/C24H28BrN7O2S/c1-30(2)10-11-34-21-16-7-3-4-8-18(16)35-22(21)24(33)29-15-6-5-9-31(13-15)17-12-19(25)32-20(17)23(26)27-14-28-32/h3-4,7-8,12,14-15H,5-6,9-11,13H2,1-2H3,(H,29,33)(H2,26,27,28)/t15-/m1/s1. The molecule has 1 atom stereocenters. The number of carbonyl (C=O) groups excluding carboxylic acids is 1.